The number of nitrogens with one attached hydrogen (secondary N) is 1. The molecule has 3 nitrogen and oxygen atoms in total. The van der Waals surface area contributed by atoms with Crippen molar-refractivity contribution in [1.82, 2.24) is 10.2 Å². The van der Waals surface area contributed by atoms with E-state index in [2.05, 4.69) is 10.2 Å². The van der Waals surface area contributed by atoms with Gasteiger partial charge in [0.05, 0.1) is 12.6 Å². The number of nitrogens with zero attached hydrogens (tertiary/aromatic N) is 1. The van der Waals surface area contributed by atoms with Crippen LogP contribution in [0.25, 0.3) is 0 Å². The van der Waals surface area contributed by atoms with Crippen LogP contribution in [0.4, 0.5) is 0 Å². The van der Waals surface area contributed by atoms with Crippen molar-refractivity contribution in [3.8, 4) is 0 Å². The monoisotopic (exact) mass is 274 g/mol. The molecule has 17 heavy (non-hydrogen) atoms. The van der Waals surface area contributed by atoms with Crippen LogP contribution in [-0.4, -0.2) is 42.8 Å². The molecule has 0 aliphatic carbocycles. The first-order chi connectivity index (χ1) is 8.22. The molecule has 1 fully saturated rings. The van der Waals surface area contributed by atoms with Crippen LogP contribution in [0, 0.1) is 0 Å². The third-order valence-electron chi connectivity index (χ3n) is 3.09. The van der Waals surface area contributed by atoms with Gasteiger partial charge in [-0.15, -0.1) is 0 Å². The van der Waals surface area contributed by atoms with Crippen LogP contribution in [0.3, 0.4) is 0 Å². The Kier molecular flexibility index (Phi) is 4.65. The zero-order chi connectivity index (χ0) is 12.3. The second-order valence-corrected chi connectivity index (χ2v) is 4.99. The molecule has 94 valence electrons. The molecule has 0 saturated carbocycles. The molecule has 1 unspecified atom stereocenters. The summed E-state index contributed by atoms with van der Waals surface area (Å²) in [4.78, 5) is 2.24. The molecule has 1 atom stereocenters. The van der Waals surface area contributed by atoms with E-state index in [-0.39, 0.29) is 12.6 Å². The van der Waals surface area contributed by atoms with Gasteiger partial charge in [-0.3, -0.25) is 4.90 Å². The number of rotatable bonds is 3. The molecule has 1 aliphatic heterocycles. The number of hydrogen-bond acceptors (Lipinski definition) is 3. The molecule has 1 aromatic carbocycles. The number of halogens is 2. The van der Waals surface area contributed by atoms with Crippen molar-refractivity contribution in [3.05, 3.63) is 33.8 Å². The molecule has 1 saturated heterocycles. The minimum atomic E-state index is -0.0399. The molecule has 0 spiro atoms. The number of aliphatic hydroxyl groups is 1. The predicted octanol–water partition coefficient (Wildman–Crippen LogP) is 1.93. The normalized spacial score (nSPS) is 19.2. The Morgan fingerprint density at radius 2 is 2.00 bits per heavy atom. The van der Waals surface area contributed by atoms with Gasteiger partial charge in [0.1, 0.15) is 0 Å². The summed E-state index contributed by atoms with van der Waals surface area (Å²) in [5, 5.41) is 14.1. The number of benzene rings is 1. The lowest BCUT2D eigenvalue weighted by Crippen LogP contribution is -2.46. The fourth-order valence-corrected chi connectivity index (χ4v) is 2.71. The minimum absolute atomic E-state index is 0.0399. The summed E-state index contributed by atoms with van der Waals surface area (Å²) < 4.78 is 0. The highest BCUT2D eigenvalue weighted by Gasteiger charge is 2.23. The molecule has 0 amide bonds. The predicted molar refractivity (Wildman–Crippen MR) is 70.7 cm³/mol. The Morgan fingerprint density at radius 3 is 2.59 bits per heavy atom. The molecule has 5 heteroatoms. The summed E-state index contributed by atoms with van der Waals surface area (Å²) in [7, 11) is 0. The molecular formula is C12H16Cl2N2O. The van der Waals surface area contributed by atoms with Gasteiger partial charge >= 0.3 is 0 Å². The van der Waals surface area contributed by atoms with E-state index in [0.29, 0.717) is 10.0 Å². The van der Waals surface area contributed by atoms with Crippen LogP contribution >= 0.6 is 23.2 Å². The van der Waals surface area contributed by atoms with Gasteiger partial charge in [0.25, 0.3) is 0 Å². The molecule has 2 rings (SSSR count). The summed E-state index contributed by atoms with van der Waals surface area (Å²) in [6.07, 6.45) is 0. The first kappa shape index (κ1) is 13.1. The van der Waals surface area contributed by atoms with E-state index >= 15 is 0 Å². The summed E-state index contributed by atoms with van der Waals surface area (Å²) in [5.74, 6) is 0. The fourth-order valence-electron chi connectivity index (χ4n) is 2.18. The Labute approximate surface area is 111 Å². The van der Waals surface area contributed by atoms with Crippen molar-refractivity contribution in [1.29, 1.82) is 0 Å². The SMILES string of the molecule is OCC(c1ccc(Cl)cc1Cl)N1CCNCC1. The van der Waals surface area contributed by atoms with Gasteiger partial charge in [0.2, 0.25) is 0 Å². The van der Waals surface area contributed by atoms with Gasteiger partial charge in [-0.1, -0.05) is 29.3 Å². The van der Waals surface area contributed by atoms with Crippen LogP contribution in [0.5, 0.6) is 0 Å². The Hall–Kier alpha value is -0.320. The minimum Gasteiger partial charge on any atom is -0.394 e. The highest BCUT2D eigenvalue weighted by Crippen LogP contribution is 2.29. The van der Waals surface area contributed by atoms with E-state index in [1.165, 1.54) is 0 Å². The molecule has 0 radical (unpaired) electrons. The van der Waals surface area contributed by atoms with Crippen LogP contribution in [0.1, 0.15) is 11.6 Å². The van der Waals surface area contributed by atoms with Crippen LogP contribution < -0.4 is 5.32 Å². The van der Waals surface area contributed by atoms with E-state index < -0.39 is 0 Å². The summed E-state index contributed by atoms with van der Waals surface area (Å²) in [5.41, 5.74) is 0.945. The van der Waals surface area contributed by atoms with Crippen molar-refractivity contribution in [2.45, 2.75) is 6.04 Å². The fraction of sp³-hybridized carbons (Fsp3) is 0.500. The van der Waals surface area contributed by atoms with Crippen molar-refractivity contribution in [2.24, 2.45) is 0 Å². The molecule has 0 aromatic heterocycles. The second kappa shape index (κ2) is 6.03. The highest BCUT2D eigenvalue weighted by atomic mass is 35.5. The first-order valence-electron chi connectivity index (χ1n) is 5.73. The Balaban J connectivity index is 2.21. The maximum atomic E-state index is 9.57. The van der Waals surface area contributed by atoms with Gasteiger partial charge < -0.3 is 10.4 Å². The van der Waals surface area contributed by atoms with E-state index in [4.69, 9.17) is 23.2 Å². The number of hydrogen-bond donors (Lipinski definition) is 2. The molecular weight excluding hydrogens is 259 g/mol. The molecule has 1 heterocycles. The van der Waals surface area contributed by atoms with E-state index in [1.54, 1.807) is 6.07 Å². The van der Waals surface area contributed by atoms with Crippen molar-refractivity contribution in [3.63, 3.8) is 0 Å². The van der Waals surface area contributed by atoms with Gasteiger partial charge in [0, 0.05) is 36.2 Å². The van der Waals surface area contributed by atoms with Crippen molar-refractivity contribution >= 4 is 23.2 Å². The van der Waals surface area contributed by atoms with E-state index in [0.717, 1.165) is 31.7 Å². The van der Waals surface area contributed by atoms with Crippen LogP contribution in [0.15, 0.2) is 18.2 Å². The van der Waals surface area contributed by atoms with Gasteiger partial charge in [-0.05, 0) is 17.7 Å². The maximum absolute atomic E-state index is 9.57. The van der Waals surface area contributed by atoms with Crippen molar-refractivity contribution < 1.29 is 5.11 Å². The average Bonchev–Trinajstić information content (AvgIpc) is 2.34. The van der Waals surface area contributed by atoms with Crippen molar-refractivity contribution in [2.75, 3.05) is 32.8 Å². The third-order valence-corrected chi connectivity index (χ3v) is 3.65. The van der Waals surface area contributed by atoms with Crippen LogP contribution in [-0.2, 0) is 0 Å². The molecule has 0 bridgehead atoms. The smallest absolute Gasteiger partial charge is 0.0629 e. The highest BCUT2D eigenvalue weighted by molar-refractivity contribution is 6.35. The summed E-state index contributed by atoms with van der Waals surface area (Å²) in [6.45, 7) is 3.80. The third kappa shape index (κ3) is 3.12. The van der Waals surface area contributed by atoms with E-state index in [9.17, 15) is 5.11 Å². The summed E-state index contributed by atoms with van der Waals surface area (Å²) >= 11 is 12.1. The Bertz CT molecular complexity index is 381. The molecule has 2 N–H and O–H groups in total. The quantitative estimate of drug-likeness (QED) is 0.884. The van der Waals surface area contributed by atoms with Gasteiger partial charge in [-0.2, -0.15) is 0 Å². The van der Waals surface area contributed by atoms with Gasteiger partial charge in [0.15, 0.2) is 0 Å². The lowest BCUT2D eigenvalue weighted by molar-refractivity contribution is 0.111. The first-order valence-corrected chi connectivity index (χ1v) is 6.48. The standard InChI is InChI=1S/C12H16Cl2N2O/c13-9-1-2-10(11(14)7-9)12(8-17)16-5-3-15-4-6-16/h1-2,7,12,15,17H,3-6,8H2. The number of piperazine rings is 1. The lowest BCUT2D eigenvalue weighted by atomic mass is 10.1. The number of aliphatic hydroxyl groups excluding tert-OH is 1. The van der Waals surface area contributed by atoms with Crippen LogP contribution in [0.2, 0.25) is 10.0 Å². The summed E-state index contributed by atoms with van der Waals surface area (Å²) in [6, 6.07) is 5.40. The van der Waals surface area contributed by atoms with Gasteiger partial charge in [-0.25, -0.2) is 0 Å². The lowest BCUT2D eigenvalue weighted by Gasteiger charge is -2.34. The second-order valence-electron chi connectivity index (χ2n) is 4.15. The largest absolute Gasteiger partial charge is 0.394 e. The maximum Gasteiger partial charge on any atom is 0.0629 e. The zero-order valence-electron chi connectivity index (χ0n) is 9.50. The Morgan fingerprint density at radius 1 is 1.29 bits per heavy atom. The molecule has 1 aliphatic rings. The average molecular weight is 275 g/mol. The zero-order valence-corrected chi connectivity index (χ0v) is 11.0. The van der Waals surface area contributed by atoms with E-state index in [1.807, 2.05) is 12.1 Å². The topological polar surface area (TPSA) is 35.5 Å². The molecule has 1 aromatic rings.